The minimum atomic E-state index is -4.69. The standard InChI is InChI=1S/C19H13Cl2F4NO2/c20-14-8-12(9-15(21)17(14)22)13(19(23,24)25)3-1-10-2-4-16-11(7-10)5-6-26(16)18(27)28/h2-4,7-9H,1,5-6H2,(H,27,28). The second-order valence-corrected chi connectivity index (χ2v) is 7.04. The number of carboxylic acid groups (broad SMARTS) is 1. The van der Waals surface area contributed by atoms with E-state index in [1.165, 1.54) is 4.90 Å². The first kappa shape index (κ1) is 20.5. The number of halogens is 6. The van der Waals surface area contributed by atoms with E-state index in [0.29, 0.717) is 24.2 Å². The third-order valence-corrected chi connectivity index (χ3v) is 4.96. The van der Waals surface area contributed by atoms with Crippen molar-refractivity contribution in [2.75, 3.05) is 11.4 Å². The van der Waals surface area contributed by atoms with Gasteiger partial charge in [-0.15, -0.1) is 0 Å². The molecule has 1 N–H and O–H groups in total. The van der Waals surface area contributed by atoms with E-state index in [1.807, 2.05) is 0 Å². The number of hydrogen-bond donors (Lipinski definition) is 1. The van der Waals surface area contributed by atoms with Gasteiger partial charge in [0.1, 0.15) is 0 Å². The molecule has 0 fully saturated rings. The normalized spacial score (nSPS) is 14.4. The summed E-state index contributed by atoms with van der Waals surface area (Å²) in [5.74, 6) is -0.977. The SMILES string of the molecule is O=C(O)N1CCc2cc(CC=C(c3cc(Cl)c(F)c(Cl)c3)C(F)(F)F)ccc21. The quantitative estimate of drug-likeness (QED) is 0.451. The molecule has 0 aromatic heterocycles. The number of fused-ring (bicyclic) bond motifs is 1. The molecular formula is C19H13Cl2F4NO2. The molecule has 2 aromatic rings. The molecule has 0 bridgehead atoms. The average molecular weight is 434 g/mol. The third kappa shape index (κ3) is 4.10. The highest BCUT2D eigenvalue weighted by Gasteiger charge is 2.35. The molecule has 0 atom stereocenters. The van der Waals surface area contributed by atoms with Crippen LogP contribution in [0.3, 0.4) is 0 Å². The van der Waals surface area contributed by atoms with Crippen LogP contribution in [0, 0.1) is 5.82 Å². The number of nitrogens with zero attached hydrogens (tertiary/aromatic N) is 1. The van der Waals surface area contributed by atoms with Crippen LogP contribution in [0.25, 0.3) is 5.57 Å². The van der Waals surface area contributed by atoms with Crippen molar-refractivity contribution in [2.45, 2.75) is 19.0 Å². The lowest BCUT2D eigenvalue weighted by atomic mass is 10.0. The van der Waals surface area contributed by atoms with Crippen molar-refractivity contribution in [1.29, 1.82) is 0 Å². The van der Waals surface area contributed by atoms with Crippen molar-refractivity contribution < 1.29 is 27.5 Å². The molecule has 2 aromatic carbocycles. The Balaban J connectivity index is 1.93. The monoisotopic (exact) mass is 433 g/mol. The van der Waals surface area contributed by atoms with Crippen LogP contribution >= 0.6 is 23.2 Å². The van der Waals surface area contributed by atoms with Gasteiger partial charge in [-0.2, -0.15) is 13.2 Å². The lowest BCUT2D eigenvalue weighted by molar-refractivity contribution is -0.0690. The highest BCUT2D eigenvalue weighted by Crippen LogP contribution is 2.38. The van der Waals surface area contributed by atoms with Crippen LogP contribution in [0.15, 0.2) is 36.4 Å². The summed E-state index contributed by atoms with van der Waals surface area (Å²) >= 11 is 11.3. The second kappa shape index (κ2) is 7.64. The number of anilines is 1. The fourth-order valence-electron chi connectivity index (χ4n) is 3.11. The van der Waals surface area contributed by atoms with Crippen molar-refractivity contribution in [2.24, 2.45) is 0 Å². The number of benzene rings is 2. The van der Waals surface area contributed by atoms with Gasteiger partial charge in [0.25, 0.3) is 0 Å². The molecule has 0 aliphatic carbocycles. The molecule has 3 rings (SSSR count). The van der Waals surface area contributed by atoms with Crippen molar-refractivity contribution in [3.8, 4) is 0 Å². The fraction of sp³-hybridized carbons (Fsp3) is 0.211. The van der Waals surface area contributed by atoms with Gasteiger partial charge in [0, 0.05) is 6.54 Å². The number of carbonyl (C=O) groups is 1. The summed E-state index contributed by atoms with van der Waals surface area (Å²) in [6.07, 6.45) is -4.35. The highest BCUT2D eigenvalue weighted by molar-refractivity contribution is 6.35. The summed E-state index contributed by atoms with van der Waals surface area (Å²) in [5, 5.41) is 8.14. The topological polar surface area (TPSA) is 40.5 Å². The Kier molecular flexibility index (Phi) is 5.59. The third-order valence-electron chi connectivity index (χ3n) is 4.41. The molecule has 1 aliphatic rings. The van der Waals surface area contributed by atoms with E-state index in [2.05, 4.69) is 0 Å². The maximum Gasteiger partial charge on any atom is 0.416 e. The van der Waals surface area contributed by atoms with E-state index in [-0.39, 0.29) is 12.0 Å². The Morgan fingerprint density at radius 1 is 1.18 bits per heavy atom. The first-order valence-electron chi connectivity index (χ1n) is 8.12. The highest BCUT2D eigenvalue weighted by atomic mass is 35.5. The maximum atomic E-state index is 13.5. The summed E-state index contributed by atoms with van der Waals surface area (Å²) in [7, 11) is 0. The van der Waals surface area contributed by atoms with Gasteiger partial charge in [0.05, 0.1) is 21.3 Å². The van der Waals surface area contributed by atoms with Gasteiger partial charge in [0.2, 0.25) is 0 Å². The number of alkyl halides is 3. The summed E-state index contributed by atoms with van der Waals surface area (Å²) in [5.41, 5.74) is 0.571. The van der Waals surface area contributed by atoms with Crippen LogP contribution < -0.4 is 4.90 Å². The van der Waals surface area contributed by atoms with E-state index in [0.717, 1.165) is 23.8 Å². The number of rotatable bonds is 3. The molecule has 1 aliphatic heterocycles. The first-order chi connectivity index (χ1) is 13.1. The van der Waals surface area contributed by atoms with Gasteiger partial charge in [-0.25, -0.2) is 9.18 Å². The van der Waals surface area contributed by atoms with Gasteiger partial charge in [-0.05, 0) is 47.7 Å². The van der Waals surface area contributed by atoms with E-state index in [1.54, 1.807) is 18.2 Å². The first-order valence-corrected chi connectivity index (χ1v) is 8.88. The molecule has 148 valence electrons. The smallest absolute Gasteiger partial charge is 0.416 e. The maximum absolute atomic E-state index is 13.5. The molecule has 0 unspecified atom stereocenters. The second-order valence-electron chi connectivity index (χ2n) is 6.22. The molecule has 0 radical (unpaired) electrons. The molecule has 1 heterocycles. The van der Waals surface area contributed by atoms with Crippen LogP contribution in [0.5, 0.6) is 0 Å². The summed E-state index contributed by atoms with van der Waals surface area (Å²) in [4.78, 5) is 12.3. The van der Waals surface area contributed by atoms with E-state index >= 15 is 0 Å². The van der Waals surface area contributed by atoms with Gasteiger partial charge in [-0.3, -0.25) is 4.90 Å². The fourth-order valence-corrected chi connectivity index (χ4v) is 3.60. The molecular weight excluding hydrogens is 421 g/mol. The summed E-state index contributed by atoms with van der Waals surface area (Å²) < 4.78 is 54.1. The van der Waals surface area contributed by atoms with Gasteiger partial charge in [-0.1, -0.05) is 41.4 Å². The summed E-state index contributed by atoms with van der Waals surface area (Å²) in [6, 6.07) is 6.62. The minimum absolute atomic E-state index is 0.0538. The van der Waals surface area contributed by atoms with Gasteiger partial charge in [0.15, 0.2) is 5.82 Å². The predicted molar refractivity (Wildman–Crippen MR) is 99.7 cm³/mol. The largest absolute Gasteiger partial charge is 0.465 e. The Hall–Kier alpha value is -2.25. The zero-order chi connectivity index (χ0) is 20.6. The average Bonchev–Trinajstić information content (AvgIpc) is 3.02. The molecule has 0 saturated carbocycles. The van der Waals surface area contributed by atoms with Crippen LogP contribution in [-0.4, -0.2) is 23.9 Å². The lowest BCUT2D eigenvalue weighted by Gasteiger charge is -2.14. The van der Waals surface area contributed by atoms with Crippen LogP contribution in [0.4, 0.5) is 28.0 Å². The van der Waals surface area contributed by atoms with Crippen molar-refractivity contribution >= 4 is 40.6 Å². The Morgan fingerprint density at radius 3 is 2.39 bits per heavy atom. The van der Waals surface area contributed by atoms with E-state index in [9.17, 15) is 22.4 Å². The minimum Gasteiger partial charge on any atom is -0.465 e. The number of hydrogen-bond acceptors (Lipinski definition) is 1. The van der Waals surface area contributed by atoms with Gasteiger partial charge >= 0.3 is 12.3 Å². The summed E-state index contributed by atoms with van der Waals surface area (Å²) in [6.45, 7) is 0.310. The molecule has 0 saturated heterocycles. The van der Waals surface area contributed by atoms with Crippen molar-refractivity contribution in [3.63, 3.8) is 0 Å². The zero-order valence-corrected chi connectivity index (χ0v) is 15.7. The molecule has 9 heteroatoms. The molecule has 28 heavy (non-hydrogen) atoms. The van der Waals surface area contributed by atoms with Crippen LogP contribution in [0.1, 0.15) is 16.7 Å². The number of amides is 1. The molecule has 1 amide bonds. The van der Waals surface area contributed by atoms with Crippen molar-refractivity contribution in [1.82, 2.24) is 0 Å². The van der Waals surface area contributed by atoms with Crippen LogP contribution in [0.2, 0.25) is 10.0 Å². The predicted octanol–water partition coefficient (Wildman–Crippen LogP) is 6.36. The Labute approximate surface area is 167 Å². The zero-order valence-electron chi connectivity index (χ0n) is 14.2. The molecule has 3 nitrogen and oxygen atoms in total. The Morgan fingerprint density at radius 2 is 1.82 bits per heavy atom. The lowest BCUT2D eigenvalue weighted by Crippen LogP contribution is -2.26. The van der Waals surface area contributed by atoms with Crippen molar-refractivity contribution in [3.05, 3.63) is 69.0 Å². The van der Waals surface area contributed by atoms with E-state index < -0.39 is 33.7 Å². The molecule has 0 spiro atoms. The van der Waals surface area contributed by atoms with E-state index in [4.69, 9.17) is 28.3 Å². The van der Waals surface area contributed by atoms with Gasteiger partial charge < -0.3 is 5.11 Å². The Bertz CT molecular complexity index is 950. The number of allylic oxidation sites excluding steroid dienone is 2. The van der Waals surface area contributed by atoms with Crippen LogP contribution in [-0.2, 0) is 12.8 Å².